The van der Waals surface area contributed by atoms with Crippen molar-refractivity contribution in [3.8, 4) is 0 Å². The lowest BCUT2D eigenvalue weighted by Crippen LogP contribution is -2.29. The van der Waals surface area contributed by atoms with E-state index in [0.717, 1.165) is 10.7 Å². The van der Waals surface area contributed by atoms with Crippen LogP contribution in [-0.4, -0.2) is 28.3 Å². The fraction of sp³-hybridized carbons (Fsp3) is 0.200. The molecule has 156 valence electrons. The quantitative estimate of drug-likeness (QED) is 0.507. The fourth-order valence-electron chi connectivity index (χ4n) is 2.72. The second-order valence-corrected chi connectivity index (χ2v) is 6.58. The Kier molecular flexibility index (Phi) is 5.86. The first-order valence-electron chi connectivity index (χ1n) is 8.82. The molecule has 1 N–H and O–H groups in total. The van der Waals surface area contributed by atoms with Crippen LogP contribution in [0, 0.1) is 17.5 Å². The molecule has 3 rings (SSSR count). The van der Waals surface area contributed by atoms with Crippen LogP contribution in [0.15, 0.2) is 41.2 Å². The number of hydrogen-bond acceptors (Lipinski definition) is 5. The summed E-state index contributed by atoms with van der Waals surface area (Å²) in [5.74, 6) is -6.69. The van der Waals surface area contributed by atoms with Gasteiger partial charge in [-0.15, -0.1) is 0 Å². The number of carbonyl (C=O) groups is 2. The number of halogens is 3. The molecule has 7 nitrogen and oxygen atoms in total. The van der Waals surface area contributed by atoms with Crippen molar-refractivity contribution in [2.75, 3.05) is 11.9 Å². The first-order valence-corrected chi connectivity index (χ1v) is 8.82. The van der Waals surface area contributed by atoms with Gasteiger partial charge in [0.15, 0.2) is 29.8 Å². The summed E-state index contributed by atoms with van der Waals surface area (Å²) in [5.41, 5.74) is -1.17. The summed E-state index contributed by atoms with van der Waals surface area (Å²) in [6.45, 7) is 2.58. The SMILES string of the molecule is CC(C)n1nc(C(=O)OCC(=O)Nc2ccc(F)c(F)c2F)c2ccccc2c1=O. The molecule has 0 spiro atoms. The van der Waals surface area contributed by atoms with Crippen LogP contribution in [0.2, 0.25) is 0 Å². The van der Waals surface area contributed by atoms with Crippen molar-refractivity contribution < 1.29 is 27.5 Å². The zero-order chi connectivity index (χ0) is 22.0. The Labute approximate surface area is 168 Å². The number of benzene rings is 2. The molecular formula is C20H16F3N3O4. The van der Waals surface area contributed by atoms with Crippen molar-refractivity contribution in [2.24, 2.45) is 0 Å². The van der Waals surface area contributed by atoms with Crippen LogP contribution >= 0.6 is 0 Å². The maximum atomic E-state index is 13.6. The minimum atomic E-state index is -1.74. The molecule has 0 aliphatic heterocycles. The smallest absolute Gasteiger partial charge is 0.359 e. The Morgan fingerprint density at radius 1 is 1.07 bits per heavy atom. The van der Waals surface area contributed by atoms with Gasteiger partial charge in [-0.1, -0.05) is 18.2 Å². The van der Waals surface area contributed by atoms with Crippen molar-refractivity contribution in [3.63, 3.8) is 0 Å². The number of nitrogens with one attached hydrogen (secondary N) is 1. The molecular weight excluding hydrogens is 403 g/mol. The molecule has 0 atom stereocenters. The molecule has 1 amide bonds. The van der Waals surface area contributed by atoms with Crippen molar-refractivity contribution >= 4 is 28.3 Å². The highest BCUT2D eigenvalue weighted by Gasteiger charge is 2.21. The average molecular weight is 419 g/mol. The molecule has 0 saturated heterocycles. The molecule has 1 heterocycles. The Morgan fingerprint density at radius 3 is 2.40 bits per heavy atom. The van der Waals surface area contributed by atoms with Crippen LogP contribution < -0.4 is 10.9 Å². The van der Waals surface area contributed by atoms with E-state index in [2.05, 4.69) is 5.10 Å². The third-order valence-electron chi connectivity index (χ3n) is 4.15. The zero-order valence-corrected chi connectivity index (χ0v) is 15.9. The molecule has 0 unspecified atom stereocenters. The lowest BCUT2D eigenvalue weighted by atomic mass is 10.1. The Hall–Kier alpha value is -3.69. The Balaban J connectivity index is 1.81. The largest absolute Gasteiger partial charge is 0.451 e. The number of fused-ring (bicyclic) bond motifs is 1. The molecule has 3 aromatic rings. The third kappa shape index (κ3) is 4.02. The minimum Gasteiger partial charge on any atom is -0.451 e. The maximum absolute atomic E-state index is 13.6. The zero-order valence-electron chi connectivity index (χ0n) is 15.9. The van der Waals surface area contributed by atoms with Crippen LogP contribution in [0.4, 0.5) is 18.9 Å². The number of rotatable bonds is 5. The predicted molar refractivity (Wildman–Crippen MR) is 102 cm³/mol. The third-order valence-corrected chi connectivity index (χ3v) is 4.15. The van der Waals surface area contributed by atoms with Gasteiger partial charge in [-0.05, 0) is 32.0 Å². The summed E-state index contributed by atoms with van der Waals surface area (Å²) < 4.78 is 45.9. The van der Waals surface area contributed by atoms with Gasteiger partial charge in [-0.2, -0.15) is 5.10 Å². The van der Waals surface area contributed by atoms with Crippen molar-refractivity contribution in [1.29, 1.82) is 0 Å². The summed E-state index contributed by atoms with van der Waals surface area (Å²) in [6.07, 6.45) is 0. The van der Waals surface area contributed by atoms with E-state index < -0.39 is 41.6 Å². The van der Waals surface area contributed by atoms with Crippen LogP contribution in [0.5, 0.6) is 0 Å². The summed E-state index contributed by atoms with van der Waals surface area (Å²) in [7, 11) is 0. The second-order valence-electron chi connectivity index (χ2n) is 6.58. The second kappa shape index (κ2) is 8.36. The van der Waals surface area contributed by atoms with Crippen LogP contribution in [0.25, 0.3) is 10.8 Å². The number of nitrogens with zero attached hydrogens (tertiary/aromatic N) is 2. The highest BCUT2D eigenvalue weighted by Crippen LogP contribution is 2.20. The van der Waals surface area contributed by atoms with E-state index in [1.165, 1.54) is 12.1 Å². The molecule has 0 aliphatic carbocycles. The van der Waals surface area contributed by atoms with Gasteiger partial charge in [-0.3, -0.25) is 9.59 Å². The Morgan fingerprint density at radius 2 is 1.73 bits per heavy atom. The van der Waals surface area contributed by atoms with Gasteiger partial charge in [0, 0.05) is 5.39 Å². The summed E-state index contributed by atoms with van der Waals surface area (Å²) in [6, 6.07) is 7.43. The van der Waals surface area contributed by atoms with Gasteiger partial charge in [0.2, 0.25) is 0 Å². The van der Waals surface area contributed by atoms with E-state index in [4.69, 9.17) is 4.74 Å². The van der Waals surface area contributed by atoms with Crippen LogP contribution in [-0.2, 0) is 9.53 Å². The van der Waals surface area contributed by atoms with Crippen molar-refractivity contribution in [2.45, 2.75) is 19.9 Å². The number of aromatic nitrogens is 2. The molecule has 1 aromatic heterocycles. The first-order chi connectivity index (χ1) is 14.2. The standard InChI is InChI=1S/C20H16F3N3O4/c1-10(2)26-19(28)12-6-4-3-5-11(12)18(25-26)20(29)30-9-15(27)24-14-8-7-13(21)16(22)17(14)23/h3-8,10H,9H2,1-2H3,(H,24,27). The molecule has 0 bridgehead atoms. The van der Waals surface area contributed by atoms with E-state index in [9.17, 15) is 27.6 Å². The van der Waals surface area contributed by atoms with Crippen molar-refractivity contribution in [1.82, 2.24) is 9.78 Å². The predicted octanol–water partition coefficient (Wildman–Crippen LogP) is 3.19. The molecule has 0 radical (unpaired) electrons. The van der Waals surface area contributed by atoms with E-state index >= 15 is 0 Å². The van der Waals surface area contributed by atoms with Crippen LogP contribution in [0.1, 0.15) is 30.4 Å². The van der Waals surface area contributed by atoms with E-state index in [-0.39, 0.29) is 28.1 Å². The van der Waals surface area contributed by atoms with E-state index in [1.54, 1.807) is 26.0 Å². The molecule has 0 aliphatic rings. The average Bonchev–Trinajstić information content (AvgIpc) is 2.72. The lowest BCUT2D eigenvalue weighted by Gasteiger charge is -2.13. The number of ether oxygens (including phenoxy) is 1. The molecule has 30 heavy (non-hydrogen) atoms. The number of hydrogen-bond donors (Lipinski definition) is 1. The highest BCUT2D eigenvalue weighted by molar-refractivity contribution is 6.03. The summed E-state index contributed by atoms with van der Waals surface area (Å²) in [4.78, 5) is 36.9. The highest BCUT2D eigenvalue weighted by atomic mass is 19.2. The number of carbonyl (C=O) groups excluding carboxylic acids is 2. The summed E-state index contributed by atoms with van der Waals surface area (Å²) in [5, 5.41) is 6.53. The van der Waals surface area contributed by atoms with Gasteiger partial charge in [0.25, 0.3) is 11.5 Å². The molecule has 0 fully saturated rings. The maximum Gasteiger partial charge on any atom is 0.359 e. The van der Waals surface area contributed by atoms with E-state index in [1.807, 2.05) is 5.32 Å². The Bertz CT molecular complexity index is 1210. The topological polar surface area (TPSA) is 90.3 Å². The molecule has 10 heteroatoms. The first kappa shape index (κ1) is 21.0. The van der Waals surface area contributed by atoms with Gasteiger partial charge in [-0.25, -0.2) is 22.6 Å². The van der Waals surface area contributed by atoms with Gasteiger partial charge in [0.05, 0.1) is 17.1 Å². The van der Waals surface area contributed by atoms with Gasteiger partial charge >= 0.3 is 5.97 Å². The number of esters is 1. The molecule has 0 saturated carbocycles. The van der Waals surface area contributed by atoms with Gasteiger partial charge in [0.1, 0.15) is 0 Å². The number of anilines is 1. The fourth-order valence-corrected chi connectivity index (χ4v) is 2.72. The van der Waals surface area contributed by atoms with E-state index in [0.29, 0.717) is 6.07 Å². The number of amides is 1. The normalized spacial score (nSPS) is 11.0. The molecule has 2 aromatic carbocycles. The van der Waals surface area contributed by atoms with Gasteiger partial charge < -0.3 is 10.1 Å². The summed E-state index contributed by atoms with van der Waals surface area (Å²) >= 11 is 0. The van der Waals surface area contributed by atoms with Crippen molar-refractivity contribution in [3.05, 3.63) is 69.9 Å². The minimum absolute atomic E-state index is 0.175. The van der Waals surface area contributed by atoms with Crippen LogP contribution in [0.3, 0.4) is 0 Å². The lowest BCUT2D eigenvalue weighted by molar-refractivity contribution is -0.119. The monoisotopic (exact) mass is 419 g/mol.